The molecule has 2 heterocycles. The van der Waals surface area contributed by atoms with E-state index in [9.17, 15) is 13.2 Å². The van der Waals surface area contributed by atoms with Crippen molar-refractivity contribution in [3.63, 3.8) is 0 Å². The summed E-state index contributed by atoms with van der Waals surface area (Å²) in [6, 6.07) is 14.2. The molecule has 9 heteroatoms. The highest BCUT2D eigenvalue weighted by Gasteiger charge is 2.25. The van der Waals surface area contributed by atoms with Gasteiger partial charge in [0, 0.05) is 37.7 Å². The first-order valence-electron chi connectivity index (χ1n) is 9.22. The number of benzene rings is 2. The highest BCUT2D eigenvalue weighted by atomic mass is 32.2. The van der Waals surface area contributed by atoms with Gasteiger partial charge in [-0.3, -0.25) is 4.79 Å². The lowest BCUT2D eigenvalue weighted by molar-refractivity contribution is -0.116. The van der Waals surface area contributed by atoms with E-state index in [4.69, 9.17) is 4.42 Å². The van der Waals surface area contributed by atoms with Gasteiger partial charge in [-0.15, -0.1) is 10.2 Å². The molecule has 8 nitrogen and oxygen atoms in total. The molecule has 0 saturated heterocycles. The Morgan fingerprint density at radius 3 is 2.72 bits per heavy atom. The Morgan fingerprint density at radius 2 is 1.97 bits per heavy atom. The van der Waals surface area contributed by atoms with Crippen molar-refractivity contribution in [1.82, 2.24) is 14.9 Å². The van der Waals surface area contributed by atoms with E-state index >= 15 is 0 Å². The molecule has 0 saturated carbocycles. The van der Waals surface area contributed by atoms with E-state index in [0.29, 0.717) is 24.0 Å². The van der Waals surface area contributed by atoms with Gasteiger partial charge in [-0.1, -0.05) is 24.3 Å². The Hall–Kier alpha value is -3.04. The topological polar surface area (TPSA) is 105 Å². The van der Waals surface area contributed by atoms with Crippen molar-refractivity contribution in [3.8, 4) is 11.5 Å². The molecular formula is C20H20N4O4S. The van der Waals surface area contributed by atoms with E-state index in [1.165, 1.54) is 6.92 Å². The average molecular weight is 412 g/mol. The summed E-state index contributed by atoms with van der Waals surface area (Å²) in [6.45, 7) is 2.16. The first kappa shape index (κ1) is 19.3. The van der Waals surface area contributed by atoms with Crippen LogP contribution in [0.2, 0.25) is 0 Å². The van der Waals surface area contributed by atoms with Gasteiger partial charge in [0.05, 0.1) is 4.90 Å². The van der Waals surface area contributed by atoms with Crippen molar-refractivity contribution in [2.24, 2.45) is 0 Å². The van der Waals surface area contributed by atoms with Crippen LogP contribution in [0.1, 0.15) is 18.4 Å². The van der Waals surface area contributed by atoms with Crippen LogP contribution in [0.15, 0.2) is 57.8 Å². The second-order valence-electron chi connectivity index (χ2n) is 6.73. The number of hydrogen-bond acceptors (Lipinski definition) is 6. The van der Waals surface area contributed by atoms with E-state index in [-0.39, 0.29) is 23.8 Å². The molecule has 1 N–H and O–H groups in total. The fourth-order valence-electron chi connectivity index (χ4n) is 3.28. The van der Waals surface area contributed by atoms with Gasteiger partial charge in [0.25, 0.3) is 0 Å². The standard InChI is InChI=1S/C20H20N4O4S/c1-14(25)24-12-10-15-7-8-17(13-18(15)24)29(26,27)21-11-9-19-22-23-20(28-19)16-5-3-2-4-6-16/h2-8,13,21H,9-12H2,1H3. The summed E-state index contributed by atoms with van der Waals surface area (Å²) in [5, 5.41) is 7.96. The number of nitrogens with one attached hydrogen (secondary N) is 1. The van der Waals surface area contributed by atoms with Crippen LogP contribution in [-0.4, -0.2) is 37.6 Å². The average Bonchev–Trinajstić information content (AvgIpc) is 3.35. The zero-order valence-electron chi connectivity index (χ0n) is 15.8. The number of fused-ring (bicyclic) bond motifs is 1. The van der Waals surface area contributed by atoms with Crippen LogP contribution in [0.25, 0.3) is 11.5 Å². The van der Waals surface area contributed by atoms with Crippen LogP contribution in [0.3, 0.4) is 0 Å². The minimum Gasteiger partial charge on any atom is -0.421 e. The first-order valence-corrected chi connectivity index (χ1v) is 10.7. The molecule has 3 aromatic rings. The molecule has 0 unspecified atom stereocenters. The molecule has 4 rings (SSSR count). The summed E-state index contributed by atoms with van der Waals surface area (Å²) in [7, 11) is -3.72. The summed E-state index contributed by atoms with van der Waals surface area (Å²) in [4.78, 5) is 13.5. The second-order valence-corrected chi connectivity index (χ2v) is 8.49. The van der Waals surface area contributed by atoms with E-state index in [2.05, 4.69) is 14.9 Å². The zero-order valence-corrected chi connectivity index (χ0v) is 16.6. The molecule has 1 amide bonds. The molecule has 2 aromatic carbocycles. The third-order valence-corrected chi connectivity index (χ3v) is 6.22. The van der Waals surface area contributed by atoms with E-state index in [0.717, 1.165) is 17.5 Å². The number of nitrogens with zero attached hydrogens (tertiary/aromatic N) is 3. The Balaban J connectivity index is 1.42. The van der Waals surface area contributed by atoms with Crippen LogP contribution >= 0.6 is 0 Å². The maximum absolute atomic E-state index is 12.6. The summed E-state index contributed by atoms with van der Waals surface area (Å²) in [6.07, 6.45) is 0.993. The molecule has 29 heavy (non-hydrogen) atoms. The van der Waals surface area contributed by atoms with Gasteiger partial charge in [0.2, 0.25) is 27.7 Å². The molecule has 1 aliphatic rings. The third-order valence-electron chi connectivity index (χ3n) is 4.76. The monoisotopic (exact) mass is 412 g/mol. The highest BCUT2D eigenvalue weighted by molar-refractivity contribution is 7.89. The van der Waals surface area contributed by atoms with Crippen molar-refractivity contribution in [2.75, 3.05) is 18.0 Å². The van der Waals surface area contributed by atoms with Crippen LogP contribution in [0, 0.1) is 0 Å². The zero-order chi connectivity index (χ0) is 20.4. The maximum atomic E-state index is 12.6. The van der Waals surface area contributed by atoms with Crippen molar-refractivity contribution >= 4 is 21.6 Å². The molecule has 150 valence electrons. The predicted molar refractivity (Wildman–Crippen MR) is 107 cm³/mol. The van der Waals surface area contributed by atoms with Crippen molar-refractivity contribution in [3.05, 3.63) is 60.0 Å². The molecular weight excluding hydrogens is 392 g/mol. The summed E-state index contributed by atoms with van der Waals surface area (Å²) >= 11 is 0. The Labute approximate surface area is 168 Å². The van der Waals surface area contributed by atoms with Crippen LogP contribution in [0.4, 0.5) is 5.69 Å². The molecule has 0 spiro atoms. The molecule has 0 aliphatic carbocycles. The van der Waals surface area contributed by atoms with Gasteiger partial charge in [-0.25, -0.2) is 13.1 Å². The fourth-order valence-corrected chi connectivity index (χ4v) is 4.33. The SMILES string of the molecule is CC(=O)N1CCc2ccc(S(=O)(=O)NCCc3nnc(-c4ccccc4)o3)cc21. The minimum atomic E-state index is -3.72. The van der Waals surface area contributed by atoms with Crippen molar-refractivity contribution < 1.29 is 17.6 Å². The van der Waals surface area contributed by atoms with E-state index < -0.39 is 10.0 Å². The van der Waals surface area contributed by atoms with E-state index in [1.807, 2.05) is 30.3 Å². The predicted octanol–water partition coefficient (Wildman–Crippen LogP) is 2.17. The molecule has 1 aromatic heterocycles. The number of carbonyl (C=O) groups excluding carboxylic acids is 1. The number of aromatic nitrogens is 2. The minimum absolute atomic E-state index is 0.100. The second kappa shape index (κ2) is 7.76. The summed E-state index contributed by atoms with van der Waals surface area (Å²) in [5.41, 5.74) is 2.43. The van der Waals surface area contributed by atoms with Crippen LogP contribution in [0.5, 0.6) is 0 Å². The van der Waals surface area contributed by atoms with Gasteiger partial charge in [0.1, 0.15) is 0 Å². The largest absolute Gasteiger partial charge is 0.421 e. The maximum Gasteiger partial charge on any atom is 0.247 e. The highest BCUT2D eigenvalue weighted by Crippen LogP contribution is 2.30. The molecule has 0 radical (unpaired) electrons. The normalized spacial score (nSPS) is 13.5. The quantitative estimate of drug-likeness (QED) is 0.665. The fraction of sp³-hybridized carbons (Fsp3) is 0.250. The number of carbonyl (C=O) groups is 1. The first-order chi connectivity index (χ1) is 13.9. The third kappa shape index (κ3) is 4.06. The molecule has 0 atom stereocenters. The molecule has 1 aliphatic heterocycles. The van der Waals surface area contributed by atoms with Gasteiger partial charge < -0.3 is 9.32 Å². The Kier molecular flexibility index (Phi) is 5.16. The lowest BCUT2D eigenvalue weighted by Crippen LogP contribution is -2.27. The molecule has 0 bridgehead atoms. The van der Waals surface area contributed by atoms with Crippen molar-refractivity contribution in [1.29, 1.82) is 0 Å². The lowest BCUT2D eigenvalue weighted by Gasteiger charge is -2.15. The van der Waals surface area contributed by atoms with E-state index in [1.54, 1.807) is 23.1 Å². The van der Waals surface area contributed by atoms with Crippen LogP contribution in [-0.2, 0) is 27.7 Å². The molecule has 0 fully saturated rings. The smallest absolute Gasteiger partial charge is 0.247 e. The van der Waals surface area contributed by atoms with Gasteiger partial charge in [0.15, 0.2) is 0 Å². The number of rotatable bonds is 6. The Morgan fingerprint density at radius 1 is 1.17 bits per heavy atom. The van der Waals surface area contributed by atoms with Crippen molar-refractivity contribution in [2.45, 2.75) is 24.7 Å². The number of anilines is 1. The van der Waals surface area contributed by atoms with Gasteiger partial charge in [-0.05, 0) is 36.2 Å². The summed E-state index contributed by atoms with van der Waals surface area (Å²) in [5.74, 6) is 0.645. The van der Waals surface area contributed by atoms with Gasteiger partial charge in [-0.2, -0.15) is 0 Å². The summed E-state index contributed by atoms with van der Waals surface area (Å²) < 4.78 is 33.4. The number of hydrogen-bond donors (Lipinski definition) is 1. The van der Waals surface area contributed by atoms with Crippen LogP contribution < -0.4 is 9.62 Å². The van der Waals surface area contributed by atoms with Gasteiger partial charge >= 0.3 is 0 Å². The number of amides is 1. The Bertz CT molecular complexity index is 1140. The number of sulfonamides is 1. The lowest BCUT2D eigenvalue weighted by atomic mass is 10.2.